The molecule has 8 nitrogen and oxygen atoms in total. The van der Waals surface area contributed by atoms with E-state index in [1.165, 1.54) is 18.1 Å². The number of nitrogens with zero attached hydrogens (tertiary/aromatic N) is 2. The molecule has 0 spiro atoms. The van der Waals surface area contributed by atoms with Crippen LogP contribution >= 0.6 is 11.6 Å². The third-order valence-corrected chi connectivity index (χ3v) is 7.97. The lowest BCUT2D eigenvalue weighted by molar-refractivity contribution is -0.140. The lowest BCUT2D eigenvalue weighted by Gasteiger charge is -2.33. The number of hydrogen-bond donors (Lipinski definition) is 1. The van der Waals surface area contributed by atoms with Crippen molar-refractivity contribution in [3.8, 4) is 5.75 Å². The van der Waals surface area contributed by atoms with Crippen LogP contribution in [0.15, 0.2) is 42.5 Å². The number of rotatable bonds is 11. The Hall–Kier alpha value is -2.78. The summed E-state index contributed by atoms with van der Waals surface area (Å²) in [6, 6.07) is 11.6. The van der Waals surface area contributed by atoms with E-state index in [0.29, 0.717) is 11.4 Å². The maximum absolute atomic E-state index is 13.9. The molecule has 2 aromatic rings. The third-order valence-electron chi connectivity index (χ3n) is 6.61. The van der Waals surface area contributed by atoms with Gasteiger partial charge in [-0.1, -0.05) is 61.2 Å². The number of aryl methyl sites for hydroxylation is 1. The van der Waals surface area contributed by atoms with Crippen molar-refractivity contribution in [1.82, 2.24) is 10.2 Å². The van der Waals surface area contributed by atoms with Gasteiger partial charge in [0.15, 0.2) is 0 Å². The van der Waals surface area contributed by atoms with Crippen molar-refractivity contribution in [1.29, 1.82) is 0 Å². The fourth-order valence-electron chi connectivity index (χ4n) is 4.75. The molecule has 1 N–H and O–H groups in total. The molecule has 0 aromatic heterocycles. The van der Waals surface area contributed by atoms with Crippen molar-refractivity contribution < 1.29 is 22.7 Å². The summed E-state index contributed by atoms with van der Waals surface area (Å²) in [6.07, 6.45) is 5.39. The van der Waals surface area contributed by atoms with Crippen molar-refractivity contribution >= 4 is 39.1 Å². The largest absolute Gasteiger partial charge is 0.495 e. The van der Waals surface area contributed by atoms with Gasteiger partial charge in [0.1, 0.15) is 18.3 Å². The number of nitrogens with one attached hydrogen (secondary N) is 1. The van der Waals surface area contributed by atoms with Gasteiger partial charge in [-0.2, -0.15) is 0 Å². The number of amides is 2. The smallest absolute Gasteiger partial charge is 0.244 e. The van der Waals surface area contributed by atoms with E-state index in [1.54, 1.807) is 12.1 Å². The van der Waals surface area contributed by atoms with Crippen LogP contribution in [0.4, 0.5) is 5.69 Å². The SMILES string of the molecule is CCC(C(=O)NC1CCCC1)N(Cc1cccc(C)c1)C(=O)CN(c1cc(Cl)ccc1OC)S(C)(=O)=O. The van der Waals surface area contributed by atoms with E-state index in [4.69, 9.17) is 16.3 Å². The van der Waals surface area contributed by atoms with E-state index in [2.05, 4.69) is 5.32 Å². The first-order valence-corrected chi connectivity index (χ1v) is 14.7. The molecule has 1 saturated carbocycles. The van der Waals surface area contributed by atoms with Crippen LogP contribution in [0, 0.1) is 6.92 Å². The highest BCUT2D eigenvalue weighted by Gasteiger charge is 2.33. The molecule has 37 heavy (non-hydrogen) atoms. The van der Waals surface area contributed by atoms with Crippen LogP contribution in [0.3, 0.4) is 0 Å². The van der Waals surface area contributed by atoms with Gasteiger partial charge in [0.25, 0.3) is 0 Å². The normalized spacial score (nSPS) is 14.7. The maximum Gasteiger partial charge on any atom is 0.244 e. The fourth-order valence-corrected chi connectivity index (χ4v) is 5.76. The lowest BCUT2D eigenvalue weighted by atomic mass is 10.1. The van der Waals surface area contributed by atoms with Crippen molar-refractivity contribution in [3.63, 3.8) is 0 Å². The third kappa shape index (κ3) is 7.61. The Morgan fingerprint density at radius 3 is 2.46 bits per heavy atom. The van der Waals surface area contributed by atoms with E-state index < -0.39 is 28.5 Å². The van der Waals surface area contributed by atoms with Gasteiger partial charge in [-0.15, -0.1) is 0 Å². The highest BCUT2D eigenvalue weighted by Crippen LogP contribution is 2.33. The zero-order valence-electron chi connectivity index (χ0n) is 21.9. The zero-order chi connectivity index (χ0) is 27.2. The zero-order valence-corrected chi connectivity index (χ0v) is 23.4. The molecule has 2 aromatic carbocycles. The highest BCUT2D eigenvalue weighted by molar-refractivity contribution is 7.92. The standard InChI is InChI=1S/C27H36ClN3O5S/c1-5-23(27(33)29-22-11-6-7-12-22)30(17-20-10-8-9-19(2)15-20)26(32)18-31(37(4,34)35)24-16-21(28)13-14-25(24)36-3/h8-10,13-16,22-23H,5-7,11-12,17-18H2,1-4H3,(H,29,33). The molecule has 0 saturated heterocycles. The van der Waals surface area contributed by atoms with Gasteiger partial charge in [0.05, 0.1) is 19.1 Å². The Morgan fingerprint density at radius 2 is 1.86 bits per heavy atom. The molecular formula is C27H36ClN3O5S. The van der Waals surface area contributed by atoms with Crippen LogP contribution in [-0.4, -0.2) is 57.1 Å². The second-order valence-electron chi connectivity index (χ2n) is 9.51. The second-order valence-corrected chi connectivity index (χ2v) is 11.9. The van der Waals surface area contributed by atoms with Gasteiger partial charge in [-0.3, -0.25) is 13.9 Å². The summed E-state index contributed by atoms with van der Waals surface area (Å²) in [4.78, 5) is 28.7. The molecule has 10 heteroatoms. The molecule has 1 unspecified atom stereocenters. The molecule has 0 aliphatic heterocycles. The first-order chi connectivity index (χ1) is 17.5. The summed E-state index contributed by atoms with van der Waals surface area (Å²) in [5.41, 5.74) is 2.03. The molecule has 0 bridgehead atoms. The van der Waals surface area contributed by atoms with Gasteiger partial charge < -0.3 is 15.0 Å². The summed E-state index contributed by atoms with van der Waals surface area (Å²) in [5.74, 6) is -0.456. The molecule has 1 aliphatic carbocycles. The van der Waals surface area contributed by atoms with Gasteiger partial charge in [-0.05, 0) is 49.9 Å². The summed E-state index contributed by atoms with van der Waals surface area (Å²) in [5, 5.41) is 3.40. The summed E-state index contributed by atoms with van der Waals surface area (Å²) < 4.78 is 32.0. The first-order valence-electron chi connectivity index (χ1n) is 12.5. The monoisotopic (exact) mass is 549 g/mol. The molecule has 3 rings (SSSR count). The van der Waals surface area contributed by atoms with Crippen LogP contribution in [0.25, 0.3) is 0 Å². The topological polar surface area (TPSA) is 96.0 Å². The number of anilines is 1. The molecule has 1 fully saturated rings. The number of benzene rings is 2. The van der Waals surface area contributed by atoms with E-state index in [0.717, 1.165) is 47.4 Å². The number of hydrogen-bond acceptors (Lipinski definition) is 5. The highest BCUT2D eigenvalue weighted by atomic mass is 35.5. The van der Waals surface area contributed by atoms with Crippen LogP contribution in [0.1, 0.15) is 50.2 Å². The molecule has 0 heterocycles. The van der Waals surface area contributed by atoms with E-state index >= 15 is 0 Å². The number of carbonyl (C=O) groups excluding carboxylic acids is 2. The van der Waals surface area contributed by atoms with Crippen LogP contribution in [-0.2, 0) is 26.2 Å². The summed E-state index contributed by atoms with van der Waals surface area (Å²) in [6.45, 7) is 3.47. The van der Waals surface area contributed by atoms with Crippen molar-refractivity contribution in [3.05, 3.63) is 58.6 Å². The lowest BCUT2D eigenvalue weighted by Crippen LogP contribution is -2.53. The Balaban J connectivity index is 1.97. The van der Waals surface area contributed by atoms with Gasteiger partial charge in [0, 0.05) is 17.6 Å². The quantitative estimate of drug-likeness (QED) is 0.451. The molecule has 1 atom stereocenters. The molecule has 202 valence electrons. The van der Waals surface area contributed by atoms with Gasteiger partial charge in [-0.25, -0.2) is 8.42 Å². The number of sulfonamides is 1. The van der Waals surface area contributed by atoms with Crippen LogP contribution < -0.4 is 14.4 Å². The average Bonchev–Trinajstić information content (AvgIpc) is 3.34. The predicted molar refractivity (Wildman–Crippen MR) is 146 cm³/mol. The van der Waals surface area contributed by atoms with Crippen molar-refractivity contribution in [2.24, 2.45) is 0 Å². The van der Waals surface area contributed by atoms with E-state index in [-0.39, 0.29) is 29.9 Å². The molecule has 2 amide bonds. The molecule has 0 radical (unpaired) electrons. The first kappa shape index (κ1) is 28.8. The Morgan fingerprint density at radius 1 is 1.16 bits per heavy atom. The van der Waals surface area contributed by atoms with Crippen LogP contribution in [0.2, 0.25) is 5.02 Å². The predicted octanol–water partition coefficient (Wildman–Crippen LogP) is 4.29. The Kier molecular flexibility index (Phi) is 9.84. The van der Waals surface area contributed by atoms with Gasteiger partial charge in [0.2, 0.25) is 21.8 Å². The minimum Gasteiger partial charge on any atom is -0.495 e. The Bertz CT molecular complexity index is 1210. The van der Waals surface area contributed by atoms with E-state index in [1.807, 2.05) is 38.1 Å². The number of ether oxygens (including phenoxy) is 1. The second kappa shape index (κ2) is 12.6. The molecular weight excluding hydrogens is 514 g/mol. The Labute approximate surface area is 225 Å². The minimum atomic E-state index is -3.90. The summed E-state index contributed by atoms with van der Waals surface area (Å²) >= 11 is 6.16. The number of halogens is 1. The summed E-state index contributed by atoms with van der Waals surface area (Å²) in [7, 11) is -2.48. The minimum absolute atomic E-state index is 0.0979. The fraction of sp³-hybridized carbons (Fsp3) is 0.481. The van der Waals surface area contributed by atoms with Crippen molar-refractivity contribution in [2.45, 2.75) is 64.6 Å². The van der Waals surface area contributed by atoms with Gasteiger partial charge >= 0.3 is 0 Å². The van der Waals surface area contributed by atoms with Crippen LogP contribution in [0.5, 0.6) is 5.75 Å². The maximum atomic E-state index is 13.9. The van der Waals surface area contributed by atoms with E-state index in [9.17, 15) is 18.0 Å². The molecule has 1 aliphatic rings. The van der Waals surface area contributed by atoms with Crippen molar-refractivity contribution in [2.75, 3.05) is 24.2 Å². The average molecular weight is 550 g/mol. The number of methoxy groups -OCH3 is 1. The number of carbonyl (C=O) groups is 2.